The maximum absolute atomic E-state index is 14.6. The summed E-state index contributed by atoms with van der Waals surface area (Å²) < 4.78 is 362. The van der Waals surface area contributed by atoms with Crippen LogP contribution in [0.4, 0.5) is 114 Å². The molecular weight excluding hydrogens is 862 g/mol. The number of benzene rings is 1. The van der Waals surface area contributed by atoms with Crippen LogP contribution in [0, 0.1) is 5.41 Å². The van der Waals surface area contributed by atoms with E-state index in [1.54, 1.807) is 0 Å². The summed E-state index contributed by atoms with van der Waals surface area (Å²) in [6, 6.07) is 7.08. The molecule has 0 radical (unpaired) electrons. The minimum atomic E-state index is -8.39. The lowest BCUT2D eigenvalue weighted by molar-refractivity contribution is -0.441. The van der Waals surface area contributed by atoms with Gasteiger partial charge < -0.3 is 9.47 Å². The molecule has 0 aromatic heterocycles. The molecule has 0 N–H and O–H groups in total. The Morgan fingerprint density at radius 3 is 1.05 bits per heavy atom. The molecular formula is C28H20F26O2. The van der Waals surface area contributed by atoms with Gasteiger partial charge in [-0.1, -0.05) is 36.4 Å². The van der Waals surface area contributed by atoms with Crippen LogP contribution in [-0.2, 0) is 9.47 Å². The van der Waals surface area contributed by atoms with Gasteiger partial charge in [0, 0.05) is 18.3 Å². The van der Waals surface area contributed by atoms with Crippen LogP contribution < -0.4 is 0 Å². The summed E-state index contributed by atoms with van der Waals surface area (Å²) >= 11 is 0. The van der Waals surface area contributed by atoms with Crippen LogP contribution in [0.2, 0.25) is 0 Å². The molecule has 1 aromatic carbocycles. The Kier molecular flexibility index (Phi) is 12.9. The third-order valence-electron chi connectivity index (χ3n) is 8.29. The molecule has 1 aliphatic heterocycles. The predicted octanol–water partition coefficient (Wildman–Crippen LogP) is 12.1. The third-order valence-corrected chi connectivity index (χ3v) is 8.29. The zero-order valence-electron chi connectivity index (χ0n) is 26.5. The standard InChI is InChI=1S/C28H20F26O2/c29-17(30,19(33,34)21(37,38)23(41,42)25(45,46)27(49,50)51)10-8-16(12-55-15(56-13-16)7-6-14-4-2-1-3-5-14)9-11-18(31,32)20(35,36)22(39,40)24(43,44)26(47,48)28(52,53)54/h1-7,15H,8-13H2/b7-6+. The van der Waals surface area contributed by atoms with Crippen LogP contribution in [0.5, 0.6) is 0 Å². The Balaban J connectivity index is 2.54. The van der Waals surface area contributed by atoms with E-state index >= 15 is 0 Å². The molecule has 1 heterocycles. The molecule has 56 heavy (non-hydrogen) atoms. The van der Waals surface area contributed by atoms with Gasteiger partial charge in [-0.05, 0) is 24.5 Å². The number of rotatable bonds is 16. The van der Waals surface area contributed by atoms with Crippen LogP contribution in [0.1, 0.15) is 31.2 Å². The largest absolute Gasteiger partial charge is 0.460 e. The molecule has 0 aliphatic carbocycles. The molecule has 1 fully saturated rings. The smallest absolute Gasteiger partial charge is 0.348 e. The van der Waals surface area contributed by atoms with E-state index in [0.717, 1.165) is 12.2 Å². The van der Waals surface area contributed by atoms with Gasteiger partial charge in [0.2, 0.25) is 0 Å². The maximum atomic E-state index is 14.6. The molecule has 2 rings (SSSR count). The van der Waals surface area contributed by atoms with E-state index in [4.69, 9.17) is 9.47 Å². The first-order valence-electron chi connectivity index (χ1n) is 14.4. The minimum Gasteiger partial charge on any atom is -0.348 e. The number of hydrogen-bond acceptors (Lipinski definition) is 2. The SMILES string of the molecule is FC(F)(F)C(F)(F)C(F)(F)C(F)(F)C(F)(F)C(F)(F)CCC1(CCC(F)(F)C(F)(F)C(F)(F)C(F)(F)C(F)(F)C(F)(F)F)COC(/C=C/c2ccccc2)OC1. The van der Waals surface area contributed by atoms with Gasteiger partial charge in [0.15, 0.2) is 6.29 Å². The molecule has 28 heteroatoms. The van der Waals surface area contributed by atoms with E-state index in [2.05, 4.69) is 0 Å². The molecule has 1 saturated heterocycles. The number of halogens is 26. The topological polar surface area (TPSA) is 18.5 Å². The molecule has 0 unspecified atom stereocenters. The molecule has 0 amide bonds. The van der Waals surface area contributed by atoms with Crippen LogP contribution in [0.15, 0.2) is 36.4 Å². The summed E-state index contributed by atoms with van der Waals surface area (Å²) in [5.74, 6) is -79.6. The average molecular weight is 882 g/mol. The van der Waals surface area contributed by atoms with Crippen molar-refractivity contribution in [1.29, 1.82) is 0 Å². The number of ether oxygens (including phenoxy) is 2. The van der Waals surface area contributed by atoms with Crippen LogP contribution in [0.3, 0.4) is 0 Å². The zero-order chi connectivity index (χ0) is 44.3. The lowest BCUT2D eigenvalue weighted by Crippen LogP contribution is -2.70. The highest BCUT2D eigenvalue weighted by molar-refractivity contribution is 5.49. The third kappa shape index (κ3) is 8.05. The van der Waals surface area contributed by atoms with Gasteiger partial charge in [-0.25, -0.2) is 0 Å². The molecule has 0 atom stereocenters. The second-order valence-corrected chi connectivity index (χ2v) is 12.3. The molecule has 2 nitrogen and oxygen atoms in total. The van der Waals surface area contributed by atoms with Gasteiger partial charge in [-0.2, -0.15) is 114 Å². The van der Waals surface area contributed by atoms with Crippen molar-refractivity contribution >= 4 is 6.08 Å². The Bertz CT molecular complexity index is 1420. The van der Waals surface area contributed by atoms with Crippen molar-refractivity contribution in [3.8, 4) is 0 Å². The highest BCUT2D eigenvalue weighted by Gasteiger charge is 2.92. The molecule has 1 aromatic rings. The van der Waals surface area contributed by atoms with Gasteiger partial charge in [-0.3, -0.25) is 0 Å². The maximum Gasteiger partial charge on any atom is 0.460 e. The monoisotopic (exact) mass is 882 g/mol. The quantitative estimate of drug-likeness (QED) is 0.154. The van der Waals surface area contributed by atoms with Crippen molar-refractivity contribution in [2.45, 2.75) is 104 Å². The van der Waals surface area contributed by atoms with E-state index in [1.165, 1.54) is 30.3 Å². The van der Waals surface area contributed by atoms with Crippen molar-refractivity contribution in [1.82, 2.24) is 0 Å². The summed E-state index contributed by atoms with van der Waals surface area (Å²) in [7, 11) is 0. The fourth-order valence-electron chi connectivity index (χ4n) is 4.65. The lowest BCUT2D eigenvalue weighted by Gasteiger charge is -2.44. The van der Waals surface area contributed by atoms with Gasteiger partial charge >= 0.3 is 71.6 Å². The average Bonchev–Trinajstić information content (AvgIpc) is 3.05. The first-order valence-corrected chi connectivity index (χ1v) is 14.4. The summed E-state index contributed by atoms with van der Waals surface area (Å²) in [6.07, 6.45) is -26.5. The van der Waals surface area contributed by atoms with Crippen molar-refractivity contribution in [3.05, 3.63) is 42.0 Å². The van der Waals surface area contributed by atoms with Crippen molar-refractivity contribution in [2.75, 3.05) is 13.2 Å². The van der Waals surface area contributed by atoms with Crippen LogP contribution in [-0.4, -0.2) is 91.1 Å². The van der Waals surface area contributed by atoms with Crippen LogP contribution in [0.25, 0.3) is 6.08 Å². The van der Waals surface area contributed by atoms with Crippen LogP contribution >= 0.6 is 0 Å². The first kappa shape index (κ1) is 49.2. The Morgan fingerprint density at radius 1 is 0.446 bits per heavy atom. The summed E-state index contributed by atoms with van der Waals surface area (Å²) in [4.78, 5) is 0. The van der Waals surface area contributed by atoms with Crippen molar-refractivity contribution in [3.63, 3.8) is 0 Å². The molecule has 1 aliphatic rings. The van der Waals surface area contributed by atoms with Gasteiger partial charge in [-0.15, -0.1) is 0 Å². The molecule has 0 spiro atoms. The molecule has 0 saturated carbocycles. The minimum absolute atomic E-state index is 0.294. The van der Waals surface area contributed by atoms with E-state index in [1.807, 2.05) is 0 Å². The second kappa shape index (κ2) is 14.7. The van der Waals surface area contributed by atoms with Gasteiger partial charge in [0.25, 0.3) is 0 Å². The van der Waals surface area contributed by atoms with Crippen molar-refractivity contribution < 1.29 is 124 Å². The summed E-state index contributed by atoms with van der Waals surface area (Å²) in [5, 5.41) is 0. The van der Waals surface area contributed by atoms with E-state index in [-0.39, 0.29) is 0 Å². The van der Waals surface area contributed by atoms with Gasteiger partial charge in [0.1, 0.15) is 0 Å². The highest BCUT2D eigenvalue weighted by Crippen LogP contribution is 2.63. The van der Waals surface area contributed by atoms with Gasteiger partial charge in [0.05, 0.1) is 13.2 Å². The highest BCUT2D eigenvalue weighted by atomic mass is 19.4. The van der Waals surface area contributed by atoms with E-state index in [0.29, 0.717) is 5.56 Å². The van der Waals surface area contributed by atoms with Crippen molar-refractivity contribution in [2.24, 2.45) is 5.41 Å². The van der Waals surface area contributed by atoms with E-state index < -0.39 is 122 Å². The Hall–Kier alpha value is -2.94. The lowest BCUT2D eigenvalue weighted by atomic mass is 9.76. The predicted molar refractivity (Wildman–Crippen MR) is 134 cm³/mol. The number of alkyl halides is 26. The second-order valence-electron chi connectivity index (χ2n) is 12.3. The Morgan fingerprint density at radius 2 is 0.750 bits per heavy atom. The number of hydrogen-bond donors (Lipinski definition) is 0. The Labute approximate surface area is 294 Å². The first-order chi connectivity index (χ1) is 24.6. The zero-order valence-corrected chi connectivity index (χ0v) is 26.5. The molecule has 0 bridgehead atoms. The van der Waals surface area contributed by atoms with E-state index in [9.17, 15) is 114 Å². The summed E-state index contributed by atoms with van der Waals surface area (Å²) in [5.41, 5.74) is -2.92. The summed E-state index contributed by atoms with van der Waals surface area (Å²) in [6.45, 7) is -3.28. The fraction of sp³-hybridized carbons (Fsp3) is 0.714. The normalized spacial score (nSPS) is 18.5. The molecule has 326 valence electrons. The fourth-order valence-corrected chi connectivity index (χ4v) is 4.65.